The van der Waals surface area contributed by atoms with Crippen LogP contribution in [0.1, 0.15) is 5.56 Å². The van der Waals surface area contributed by atoms with Gasteiger partial charge in [-0.1, -0.05) is 12.2 Å². The Morgan fingerprint density at radius 1 is 1.23 bits per heavy atom. The van der Waals surface area contributed by atoms with Crippen LogP contribution in [0.15, 0.2) is 45.8 Å². The number of halogens is 2. The Morgan fingerprint density at radius 3 is 2.77 bits per heavy atom. The Kier molecular flexibility index (Phi) is 4.55. The van der Waals surface area contributed by atoms with Gasteiger partial charge in [-0.2, -0.15) is 9.61 Å². The average molecular weight is 493 g/mol. The molecule has 2 aromatic rings. The highest BCUT2D eigenvalue weighted by Crippen LogP contribution is 2.35. The highest BCUT2D eigenvalue weighted by Gasteiger charge is 2.28. The Labute approximate surface area is 180 Å². The average Bonchev–Trinajstić information content (AvgIpc) is 3.14. The molecule has 0 radical (unpaired) electrons. The molecule has 0 bridgehead atoms. The summed E-state index contributed by atoms with van der Waals surface area (Å²) in [6.07, 6.45) is 10.1. The Bertz CT molecular complexity index is 1270. The SMILES string of the molecule is Nc1c(Br)c(N2CCS(=O)(=O)CC2)nc2c(C3=CC4C=C(F)C=CC4N=C3)cnn12. The minimum atomic E-state index is -3.02. The summed E-state index contributed by atoms with van der Waals surface area (Å²) in [5.41, 5.74) is 8.34. The number of aromatic nitrogens is 3. The molecule has 2 atom stereocenters. The molecule has 0 saturated carbocycles. The first kappa shape index (κ1) is 19.4. The highest BCUT2D eigenvalue weighted by atomic mass is 79.9. The van der Waals surface area contributed by atoms with E-state index in [4.69, 9.17) is 10.7 Å². The van der Waals surface area contributed by atoms with E-state index in [0.29, 0.717) is 34.8 Å². The molecule has 3 aliphatic rings. The summed E-state index contributed by atoms with van der Waals surface area (Å²) in [7, 11) is -3.02. The second kappa shape index (κ2) is 7.02. The van der Waals surface area contributed by atoms with Crippen LogP contribution >= 0.6 is 15.9 Å². The topological polar surface area (TPSA) is 106 Å². The Hall–Kier alpha value is -2.53. The van der Waals surface area contributed by atoms with Crippen molar-refractivity contribution >= 4 is 54.8 Å². The monoisotopic (exact) mass is 492 g/mol. The molecule has 0 amide bonds. The zero-order chi connectivity index (χ0) is 21.0. The number of hydrogen-bond acceptors (Lipinski definition) is 7. The number of allylic oxidation sites excluding steroid dienone is 3. The second-order valence-corrected chi connectivity index (χ2v) is 10.5. The predicted octanol–water partition coefficient (Wildman–Crippen LogP) is 2.18. The lowest BCUT2D eigenvalue weighted by Crippen LogP contribution is -2.41. The van der Waals surface area contributed by atoms with Crippen molar-refractivity contribution in [2.75, 3.05) is 35.2 Å². The van der Waals surface area contributed by atoms with Crippen molar-refractivity contribution in [3.05, 3.63) is 46.4 Å². The molecule has 1 fully saturated rings. The van der Waals surface area contributed by atoms with Gasteiger partial charge in [-0.05, 0) is 28.1 Å². The van der Waals surface area contributed by atoms with Crippen LogP contribution in [-0.2, 0) is 9.84 Å². The van der Waals surface area contributed by atoms with Gasteiger partial charge in [0.15, 0.2) is 15.5 Å². The van der Waals surface area contributed by atoms with Crippen LogP contribution in [0.3, 0.4) is 0 Å². The maximum Gasteiger partial charge on any atom is 0.167 e. The molecule has 2 unspecified atom stereocenters. The lowest BCUT2D eigenvalue weighted by atomic mass is 9.89. The van der Waals surface area contributed by atoms with Gasteiger partial charge in [0.1, 0.15) is 21.9 Å². The summed E-state index contributed by atoms with van der Waals surface area (Å²) in [4.78, 5) is 11.2. The summed E-state index contributed by atoms with van der Waals surface area (Å²) in [5, 5.41) is 4.36. The number of anilines is 2. The minimum Gasteiger partial charge on any atom is -0.383 e. The number of aliphatic imine (C=N–C) groups is 1. The number of nitrogens with two attached hydrogens (primary N) is 1. The van der Waals surface area contributed by atoms with Crippen LogP contribution in [0.2, 0.25) is 0 Å². The maximum atomic E-state index is 13.7. The summed E-state index contributed by atoms with van der Waals surface area (Å²) in [6.45, 7) is 0.689. The van der Waals surface area contributed by atoms with E-state index in [0.717, 1.165) is 11.1 Å². The zero-order valence-electron chi connectivity index (χ0n) is 15.7. The van der Waals surface area contributed by atoms with Gasteiger partial charge >= 0.3 is 0 Å². The Balaban J connectivity index is 1.57. The van der Waals surface area contributed by atoms with Crippen LogP contribution < -0.4 is 10.6 Å². The molecule has 11 heteroatoms. The standard InChI is InChI=1S/C19H18BrFN6O2S/c20-16-17(22)27-18(25-19(16)26-3-5-30(28,29)6-4-26)14(10-24-27)12-7-11-8-13(21)1-2-15(11)23-9-12/h1-2,7-11,15H,3-6,22H2. The lowest BCUT2D eigenvalue weighted by molar-refractivity contribution is 0.586. The number of dihydropyridines is 1. The van der Waals surface area contributed by atoms with E-state index < -0.39 is 9.84 Å². The molecule has 5 rings (SSSR count). The quantitative estimate of drug-likeness (QED) is 0.688. The molecule has 2 aromatic heterocycles. The Morgan fingerprint density at radius 2 is 2.00 bits per heavy atom. The summed E-state index contributed by atoms with van der Waals surface area (Å²) in [6, 6.07) is -0.117. The third-order valence-corrected chi connectivity index (χ3v) is 7.89. The molecule has 8 nitrogen and oxygen atoms in total. The van der Waals surface area contributed by atoms with Gasteiger partial charge in [0.25, 0.3) is 0 Å². The third kappa shape index (κ3) is 3.25. The van der Waals surface area contributed by atoms with Crippen molar-refractivity contribution in [1.29, 1.82) is 0 Å². The first-order valence-corrected chi connectivity index (χ1v) is 12.0. The maximum absolute atomic E-state index is 13.7. The number of fused-ring (bicyclic) bond motifs is 2. The van der Waals surface area contributed by atoms with E-state index in [9.17, 15) is 12.8 Å². The molecular formula is C19H18BrFN6O2S. The number of rotatable bonds is 2. The van der Waals surface area contributed by atoms with Gasteiger partial charge in [0.05, 0.1) is 23.7 Å². The number of sulfone groups is 1. The lowest BCUT2D eigenvalue weighted by Gasteiger charge is -2.29. The van der Waals surface area contributed by atoms with Crippen molar-refractivity contribution in [1.82, 2.24) is 14.6 Å². The third-order valence-electron chi connectivity index (χ3n) is 5.52. The molecule has 30 heavy (non-hydrogen) atoms. The van der Waals surface area contributed by atoms with Crippen LogP contribution in [-0.4, -0.2) is 59.9 Å². The summed E-state index contributed by atoms with van der Waals surface area (Å²) >= 11 is 3.49. The van der Waals surface area contributed by atoms with Gasteiger partial charge in [-0.15, -0.1) is 0 Å². The van der Waals surface area contributed by atoms with Gasteiger partial charge in [-0.25, -0.2) is 17.8 Å². The fourth-order valence-corrected chi connectivity index (χ4v) is 5.56. The second-order valence-electron chi connectivity index (χ2n) is 7.45. The number of hydrogen-bond donors (Lipinski definition) is 1. The van der Waals surface area contributed by atoms with E-state index in [2.05, 4.69) is 26.0 Å². The number of nitrogens with zero attached hydrogens (tertiary/aromatic N) is 5. The number of nitrogen functional groups attached to an aromatic ring is 1. The minimum absolute atomic E-state index is 0.0740. The van der Waals surface area contributed by atoms with E-state index in [-0.39, 0.29) is 29.3 Å². The van der Waals surface area contributed by atoms with Crippen molar-refractivity contribution < 1.29 is 12.8 Å². The molecule has 1 saturated heterocycles. The molecule has 1 aliphatic carbocycles. The van der Waals surface area contributed by atoms with Crippen molar-refractivity contribution in [3.8, 4) is 0 Å². The largest absolute Gasteiger partial charge is 0.383 e. The fourth-order valence-electron chi connectivity index (χ4n) is 3.85. The zero-order valence-corrected chi connectivity index (χ0v) is 18.1. The highest BCUT2D eigenvalue weighted by molar-refractivity contribution is 9.10. The smallest absolute Gasteiger partial charge is 0.167 e. The molecule has 0 spiro atoms. The van der Waals surface area contributed by atoms with E-state index in [1.165, 1.54) is 10.6 Å². The first-order chi connectivity index (χ1) is 14.3. The van der Waals surface area contributed by atoms with Gasteiger partial charge in [-0.3, -0.25) is 4.99 Å². The summed E-state index contributed by atoms with van der Waals surface area (Å²) < 4.78 is 39.4. The van der Waals surface area contributed by atoms with Crippen molar-refractivity contribution in [2.45, 2.75) is 6.04 Å². The summed E-state index contributed by atoms with van der Waals surface area (Å²) in [5.74, 6) is 0.638. The fraction of sp³-hybridized carbons (Fsp3) is 0.316. The molecule has 4 heterocycles. The molecule has 156 valence electrons. The molecule has 2 aliphatic heterocycles. The molecular weight excluding hydrogens is 475 g/mol. The van der Waals surface area contributed by atoms with Crippen LogP contribution in [0.25, 0.3) is 11.2 Å². The van der Waals surface area contributed by atoms with E-state index in [1.54, 1.807) is 24.6 Å². The predicted molar refractivity (Wildman–Crippen MR) is 118 cm³/mol. The normalized spacial score (nSPS) is 25.2. The molecule has 2 N–H and O–H groups in total. The van der Waals surface area contributed by atoms with Crippen molar-refractivity contribution in [2.24, 2.45) is 10.9 Å². The van der Waals surface area contributed by atoms with E-state index in [1.807, 2.05) is 11.0 Å². The van der Waals surface area contributed by atoms with Gasteiger partial charge < -0.3 is 10.6 Å². The van der Waals surface area contributed by atoms with Crippen LogP contribution in [0.4, 0.5) is 16.0 Å². The van der Waals surface area contributed by atoms with Gasteiger partial charge in [0.2, 0.25) is 0 Å². The van der Waals surface area contributed by atoms with Gasteiger partial charge in [0, 0.05) is 36.4 Å². The van der Waals surface area contributed by atoms with Crippen LogP contribution in [0.5, 0.6) is 0 Å². The van der Waals surface area contributed by atoms with Crippen molar-refractivity contribution in [3.63, 3.8) is 0 Å². The first-order valence-electron chi connectivity index (χ1n) is 9.41. The van der Waals surface area contributed by atoms with E-state index >= 15 is 0 Å². The molecule has 0 aromatic carbocycles. The van der Waals surface area contributed by atoms with Crippen LogP contribution in [0, 0.1) is 5.92 Å².